The van der Waals surface area contributed by atoms with Gasteiger partial charge in [-0.2, -0.15) is 0 Å². The number of morpholine rings is 1. The van der Waals surface area contributed by atoms with Crippen LogP contribution in [0.25, 0.3) is 0 Å². The number of halogens is 2. The van der Waals surface area contributed by atoms with E-state index in [1.54, 1.807) is 0 Å². The van der Waals surface area contributed by atoms with Crippen molar-refractivity contribution in [3.8, 4) is 0 Å². The Labute approximate surface area is 116 Å². The third-order valence-electron chi connectivity index (χ3n) is 4.12. The van der Waals surface area contributed by atoms with Gasteiger partial charge in [0, 0.05) is 19.0 Å². The first-order chi connectivity index (χ1) is 9.63. The van der Waals surface area contributed by atoms with Crippen LogP contribution in [0.4, 0.5) is 8.78 Å². The predicted octanol–water partition coefficient (Wildman–Crippen LogP) is 1.94. The Morgan fingerprint density at radius 2 is 2.25 bits per heavy atom. The lowest BCUT2D eigenvalue weighted by Gasteiger charge is -2.34. The van der Waals surface area contributed by atoms with Gasteiger partial charge in [-0.1, -0.05) is 0 Å². The molecule has 2 unspecified atom stereocenters. The maximum absolute atomic E-state index is 13.5. The minimum atomic E-state index is -0.547. The molecule has 0 radical (unpaired) electrons. The molecule has 0 saturated carbocycles. The van der Waals surface area contributed by atoms with Gasteiger partial charge in [0.2, 0.25) is 0 Å². The van der Waals surface area contributed by atoms with E-state index < -0.39 is 17.7 Å². The molecule has 2 saturated heterocycles. The van der Waals surface area contributed by atoms with E-state index in [2.05, 4.69) is 4.90 Å². The normalized spacial score (nSPS) is 26.5. The van der Waals surface area contributed by atoms with Crippen LogP contribution in [0.3, 0.4) is 0 Å². The summed E-state index contributed by atoms with van der Waals surface area (Å²) in [5, 5.41) is 0. The van der Waals surface area contributed by atoms with Crippen molar-refractivity contribution in [1.82, 2.24) is 4.90 Å². The zero-order chi connectivity index (χ0) is 14.1. The first-order valence-electron chi connectivity index (χ1n) is 6.96. The molecule has 5 heteroatoms. The van der Waals surface area contributed by atoms with E-state index in [9.17, 15) is 13.6 Å². The van der Waals surface area contributed by atoms with Gasteiger partial charge in [-0.15, -0.1) is 0 Å². The highest BCUT2D eigenvalue weighted by molar-refractivity contribution is 5.85. The monoisotopic (exact) mass is 281 g/mol. The standard InChI is InChI=1S/C15H17F2NO2/c16-11-3-4-13(17)10(6-11)7-14(19)15-8-18-5-1-2-12(18)9-20-15/h3-4,6,12,15H,1-2,5,7-9H2. The first kappa shape index (κ1) is 13.6. The molecule has 108 valence electrons. The van der Waals surface area contributed by atoms with E-state index in [0.29, 0.717) is 19.2 Å². The second kappa shape index (κ2) is 5.58. The highest BCUT2D eigenvalue weighted by atomic mass is 19.1. The van der Waals surface area contributed by atoms with Crippen LogP contribution >= 0.6 is 0 Å². The molecule has 0 N–H and O–H groups in total. The van der Waals surface area contributed by atoms with Crippen molar-refractivity contribution in [2.75, 3.05) is 19.7 Å². The summed E-state index contributed by atoms with van der Waals surface area (Å²) in [4.78, 5) is 14.4. The number of hydrogen-bond donors (Lipinski definition) is 0. The fraction of sp³-hybridized carbons (Fsp3) is 0.533. The van der Waals surface area contributed by atoms with Crippen LogP contribution in [0.1, 0.15) is 18.4 Å². The van der Waals surface area contributed by atoms with Gasteiger partial charge < -0.3 is 4.74 Å². The summed E-state index contributed by atoms with van der Waals surface area (Å²) >= 11 is 0. The van der Waals surface area contributed by atoms with Crippen molar-refractivity contribution >= 4 is 5.78 Å². The Kier molecular flexibility index (Phi) is 3.81. The number of ether oxygens (including phenoxy) is 1. The number of ketones is 1. The van der Waals surface area contributed by atoms with Crippen LogP contribution < -0.4 is 0 Å². The molecule has 0 aliphatic carbocycles. The van der Waals surface area contributed by atoms with E-state index in [4.69, 9.17) is 4.74 Å². The number of fused-ring (bicyclic) bond motifs is 1. The lowest BCUT2D eigenvalue weighted by Crippen LogP contribution is -2.49. The van der Waals surface area contributed by atoms with Gasteiger partial charge in [0.1, 0.15) is 17.7 Å². The molecule has 2 atom stereocenters. The largest absolute Gasteiger partial charge is 0.367 e. The predicted molar refractivity (Wildman–Crippen MR) is 69.4 cm³/mol. The van der Waals surface area contributed by atoms with E-state index >= 15 is 0 Å². The molecule has 3 rings (SSSR count). The molecular weight excluding hydrogens is 264 g/mol. The quantitative estimate of drug-likeness (QED) is 0.848. The Morgan fingerprint density at radius 1 is 1.40 bits per heavy atom. The molecule has 0 amide bonds. The van der Waals surface area contributed by atoms with Crippen LogP contribution in [0.2, 0.25) is 0 Å². The van der Waals surface area contributed by atoms with Gasteiger partial charge in [0.15, 0.2) is 5.78 Å². The fourth-order valence-corrected chi connectivity index (χ4v) is 2.99. The Balaban J connectivity index is 1.65. The molecule has 1 aromatic carbocycles. The number of carbonyl (C=O) groups is 1. The van der Waals surface area contributed by atoms with Crippen LogP contribution in [-0.2, 0) is 16.0 Å². The van der Waals surface area contributed by atoms with Gasteiger partial charge >= 0.3 is 0 Å². The smallest absolute Gasteiger partial charge is 0.167 e. The minimum absolute atomic E-state index is 0.0992. The van der Waals surface area contributed by atoms with Crippen molar-refractivity contribution in [1.29, 1.82) is 0 Å². The van der Waals surface area contributed by atoms with Crippen LogP contribution in [0.15, 0.2) is 18.2 Å². The molecule has 3 nitrogen and oxygen atoms in total. The van der Waals surface area contributed by atoms with Crippen molar-refractivity contribution in [2.45, 2.75) is 31.4 Å². The maximum atomic E-state index is 13.5. The number of benzene rings is 1. The molecule has 2 aliphatic heterocycles. The highest BCUT2D eigenvalue weighted by Crippen LogP contribution is 2.23. The molecule has 0 aromatic heterocycles. The summed E-state index contributed by atoms with van der Waals surface area (Å²) in [6.07, 6.45) is 1.60. The Hall–Kier alpha value is -1.33. The lowest BCUT2D eigenvalue weighted by atomic mass is 10.0. The fourth-order valence-electron chi connectivity index (χ4n) is 2.99. The number of carbonyl (C=O) groups excluding carboxylic acids is 1. The van der Waals surface area contributed by atoms with Gasteiger partial charge in [-0.25, -0.2) is 8.78 Å². The van der Waals surface area contributed by atoms with Crippen molar-refractivity contribution in [3.05, 3.63) is 35.4 Å². The average molecular weight is 281 g/mol. The first-order valence-corrected chi connectivity index (χ1v) is 6.96. The van der Waals surface area contributed by atoms with E-state index in [1.165, 1.54) is 0 Å². The van der Waals surface area contributed by atoms with Gasteiger partial charge in [-0.05, 0) is 43.1 Å². The Morgan fingerprint density at radius 3 is 3.10 bits per heavy atom. The van der Waals surface area contributed by atoms with E-state index in [1.807, 2.05) is 0 Å². The third kappa shape index (κ3) is 2.74. The highest BCUT2D eigenvalue weighted by Gasteiger charge is 2.35. The van der Waals surface area contributed by atoms with Crippen molar-refractivity contribution in [3.63, 3.8) is 0 Å². The Bertz CT molecular complexity index is 521. The number of rotatable bonds is 3. The molecule has 0 bridgehead atoms. The second-order valence-corrected chi connectivity index (χ2v) is 5.49. The van der Waals surface area contributed by atoms with Crippen LogP contribution in [0.5, 0.6) is 0 Å². The molecule has 2 aliphatic rings. The average Bonchev–Trinajstić information content (AvgIpc) is 2.90. The van der Waals surface area contributed by atoms with Crippen LogP contribution in [0, 0.1) is 11.6 Å². The molecule has 2 heterocycles. The maximum Gasteiger partial charge on any atom is 0.167 e. The summed E-state index contributed by atoms with van der Waals surface area (Å²) < 4.78 is 32.2. The molecule has 1 aromatic rings. The number of nitrogens with zero attached hydrogens (tertiary/aromatic N) is 1. The van der Waals surface area contributed by atoms with E-state index in [-0.39, 0.29) is 17.8 Å². The van der Waals surface area contributed by atoms with Gasteiger partial charge in [0.05, 0.1) is 6.61 Å². The topological polar surface area (TPSA) is 29.5 Å². The third-order valence-corrected chi connectivity index (χ3v) is 4.12. The molecular formula is C15H17F2NO2. The molecule has 20 heavy (non-hydrogen) atoms. The SMILES string of the molecule is O=C(Cc1cc(F)ccc1F)C1CN2CCCC2CO1. The van der Waals surface area contributed by atoms with Crippen LogP contribution in [-0.4, -0.2) is 42.5 Å². The second-order valence-electron chi connectivity index (χ2n) is 5.49. The number of Topliss-reactive ketones (excluding diaryl/α,β-unsaturated/α-hetero) is 1. The van der Waals surface area contributed by atoms with Crippen molar-refractivity contribution in [2.24, 2.45) is 0 Å². The summed E-state index contributed by atoms with van der Waals surface area (Å²) in [6, 6.07) is 3.60. The van der Waals surface area contributed by atoms with E-state index in [0.717, 1.165) is 37.6 Å². The summed E-state index contributed by atoms with van der Waals surface area (Å²) in [5.41, 5.74) is 0.0992. The minimum Gasteiger partial charge on any atom is -0.367 e. The van der Waals surface area contributed by atoms with Crippen molar-refractivity contribution < 1.29 is 18.3 Å². The zero-order valence-electron chi connectivity index (χ0n) is 11.1. The number of hydrogen-bond acceptors (Lipinski definition) is 3. The lowest BCUT2D eigenvalue weighted by molar-refractivity contribution is -0.137. The van der Waals surface area contributed by atoms with Gasteiger partial charge in [-0.3, -0.25) is 9.69 Å². The summed E-state index contributed by atoms with van der Waals surface area (Å²) in [7, 11) is 0. The molecule has 2 fully saturated rings. The summed E-state index contributed by atoms with van der Waals surface area (Å²) in [5.74, 6) is -1.26. The van der Waals surface area contributed by atoms with Gasteiger partial charge in [0.25, 0.3) is 0 Å². The zero-order valence-corrected chi connectivity index (χ0v) is 11.1. The molecule has 0 spiro atoms. The summed E-state index contributed by atoms with van der Waals surface area (Å²) in [6.45, 7) is 2.12.